The molecule has 1 fully saturated rings. The lowest BCUT2D eigenvalue weighted by molar-refractivity contribution is -0.157. The molecule has 3 N–H and O–H groups in total. The summed E-state index contributed by atoms with van der Waals surface area (Å²) in [6, 6.07) is 11.0. The number of nitrogens with one attached hydrogen (secondary N) is 2. The van der Waals surface area contributed by atoms with Gasteiger partial charge in [0.25, 0.3) is 17.3 Å². The molecule has 9 nitrogen and oxygen atoms in total. The van der Waals surface area contributed by atoms with Crippen molar-refractivity contribution in [1.82, 2.24) is 10.2 Å². The summed E-state index contributed by atoms with van der Waals surface area (Å²) in [5.74, 6) is -3.36. The van der Waals surface area contributed by atoms with Crippen LogP contribution in [0.1, 0.15) is 11.1 Å². The number of aliphatic imine (C=N–C) groups is 1. The van der Waals surface area contributed by atoms with E-state index in [9.17, 15) is 23.9 Å². The van der Waals surface area contributed by atoms with E-state index >= 15 is 0 Å². The molecule has 4 rings (SSSR count). The third kappa shape index (κ3) is 4.02. The first-order chi connectivity index (χ1) is 15.7. The van der Waals surface area contributed by atoms with E-state index in [1.807, 2.05) is 26.0 Å². The SMILES string of the molecule is CN=C(NC)N(C)C.O=C1OC2(C(=O)Nc3ccccc32)C(=C(O)c2ccc(F)cc2)C1=O. The lowest BCUT2D eigenvalue weighted by Gasteiger charge is -2.21. The molecule has 1 unspecified atom stereocenters. The van der Waals surface area contributed by atoms with Gasteiger partial charge in [0.1, 0.15) is 17.1 Å². The van der Waals surface area contributed by atoms with Crippen molar-refractivity contribution in [3.05, 3.63) is 71.0 Å². The summed E-state index contributed by atoms with van der Waals surface area (Å²) in [7, 11) is 7.49. The molecule has 2 aliphatic rings. The number of ether oxygens (including phenoxy) is 1. The summed E-state index contributed by atoms with van der Waals surface area (Å²) in [4.78, 5) is 42.7. The van der Waals surface area contributed by atoms with Crippen LogP contribution >= 0.6 is 0 Å². The number of hydrogen-bond donors (Lipinski definition) is 3. The molecule has 1 atom stereocenters. The fraction of sp³-hybridized carbons (Fsp3) is 0.217. The third-order valence-corrected chi connectivity index (χ3v) is 5.10. The highest BCUT2D eigenvalue weighted by molar-refractivity contribution is 6.47. The number of esters is 1. The van der Waals surface area contributed by atoms with Gasteiger partial charge in [-0.15, -0.1) is 0 Å². The molecule has 1 spiro atoms. The molecule has 2 aromatic rings. The predicted molar refractivity (Wildman–Crippen MR) is 120 cm³/mol. The van der Waals surface area contributed by atoms with E-state index in [0.717, 1.165) is 18.1 Å². The van der Waals surface area contributed by atoms with Crippen molar-refractivity contribution in [2.45, 2.75) is 5.60 Å². The Labute approximate surface area is 189 Å². The number of Topliss-reactive ketones (excluding diaryl/α,β-unsaturated/α-hetero) is 1. The van der Waals surface area contributed by atoms with Crippen molar-refractivity contribution in [3.8, 4) is 0 Å². The van der Waals surface area contributed by atoms with Gasteiger partial charge in [-0.3, -0.25) is 14.6 Å². The highest BCUT2D eigenvalue weighted by atomic mass is 19.1. The molecule has 10 heteroatoms. The lowest BCUT2D eigenvalue weighted by atomic mass is 9.85. The van der Waals surface area contributed by atoms with Gasteiger partial charge in [0, 0.05) is 45.0 Å². The number of halogens is 1. The van der Waals surface area contributed by atoms with Gasteiger partial charge in [-0.1, -0.05) is 18.2 Å². The van der Waals surface area contributed by atoms with E-state index in [0.29, 0.717) is 5.69 Å². The first kappa shape index (κ1) is 23.5. The second-order valence-corrected chi connectivity index (χ2v) is 7.32. The number of amides is 1. The minimum Gasteiger partial charge on any atom is -0.507 e. The van der Waals surface area contributed by atoms with E-state index in [1.54, 1.807) is 25.2 Å². The van der Waals surface area contributed by atoms with Gasteiger partial charge in [0.15, 0.2) is 5.96 Å². The van der Waals surface area contributed by atoms with Crippen LogP contribution in [0.3, 0.4) is 0 Å². The van der Waals surface area contributed by atoms with E-state index in [-0.39, 0.29) is 11.1 Å². The van der Waals surface area contributed by atoms with Gasteiger partial charge in [-0.05, 0) is 30.3 Å². The molecule has 2 aliphatic heterocycles. The number of aliphatic hydroxyl groups excluding tert-OH is 1. The van der Waals surface area contributed by atoms with Crippen LogP contribution < -0.4 is 10.6 Å². The summed E-state index contributed by atoms with van der Waals surface area (Å²) in [6.07, 6.45) is 0. The van der Waals surface area contributed by atoms with E-state index < -0.39 is 40.4 Å². The Morgan fingerprint density at radius 2 is 1.76 bits per heavy atom. The van der Waals surface area contributed by atoms with Crippen LogP contribution in [0.25, 0.3) is 5.76 Å². The van der Waals surface area contributed by atoms with Crippen molar-refractivity contribution < 1.29 is 28.6 Å². The number of rotatable bonds is 1. The average molecular weight is 454 g/mol. The minimum absolute atomic E-state index is 0.0830. The Hall–Kier alpha value is -4.21. The summed E-state index contributed by atoms with van der Waals surface area (Å²) in [5, 5.41) is 16.1. The molecule has 2 heterocycles. The second kappa shape index (κ2) is 9.11. The van der Waals surface area contributed by atoms with Gasteiger partial charge in [0.2, 0.25) is 0 Å². The third-order valence-electron chi connectivity index (χ3n) is 5.10. The van der Waals surface area contributed by atoms with Crippen LogP contribution in [-0.2, 0) is 24.7 Å². The Morgan fingerprint density at radius 3 is 2.30 bits per heavy atom. The minimum atomic E-state index is -2.05. The molecule has 33 heavy (non-hydrogen) atoms. The summed E-state index contributed by atoms with van der Waals surface area (Å²) >= 11 is 0. The zero-order valence-electron chi connectivity index (χ0n) is 18.5. The quantitative estimate of drug-likeness (QED) is 0.150. The van der Waals surface area contributed by atoms with E-state index in [4.69, 9.17) is 4.74 Å². The maximum absolute atomic E-state index is 13.1. The van der Waals surface area contributed by atoms with Crippen molar-refractivity contribution in [3.63, 3.8) is 0 Å². The lowest BCUT2D eigenvalue weighted by Crippen LogP contribution is -2.36. The van der Waals surface area contributed by atoms with Gasteiger partial charge in [-0.2, -0.15) is 0 Å². The van der Waals surface area contributed by atoms with Gasteiger partial charge >= 0.3 is 5.97 Å². The first-order valence-electron chi connectivity index (χ1n) is 9.87. The number of anilines is 1. The topological polar surface area (TPSA) is 120 Å². The highest BCUT2D eigenvalue weighted by Gasteiger charge is 2.63. The fourth-order valence-corrected chi connectivity index (χ4v) is 3.64. The molecule has 0 bridgehead atoms. The van der Waals surface area contributed by atoms with Crippen LogP contribution in [0.4, 0.5) is 10.1 Å². The van der Waals surface area contributed by atoms with Crippen molar-refractivity contribution in [2.75, 3.05) is 33.5 Å². The number of hydrogen-bond acceptors (Lipinski definition) is 6. The van der Waals surface area contributed by atoms with Gasteiger partial charge < -0.3 is 25.4 Å². The molecule has 0 aliphatic carbocycles. The molecule has 1 amide bonds. The zero-order chi connectivity index (χ0) is 24.3. The number of ketones is 1. The van der Waals surface area contributed by atoms with E-state index in [2.05, 4.69) is 15.6 Å². The second-order valence-electron chi connectivity index (χ2n) is 7.32. The Balaban J connectivity index is 0.000000331. The van der Waals surface area contributed by atoms with E-state index in [1.165, 1.54) is 18.2 Å². The Kier molecular flexibility index (Phi) is 6.47. The van der Waals surface area contributed by atoms with Crippen LogP contribution in [-0.4, -0.2) is 61.8 Å². The molecule has 0 saturated carbocycles. The Morgan fingerprint density at radius 1 is 1.12 bits per heavy atom. The number of guanidine groups is 1. The van der Waals surface area contributed by atoms with Crippen LogP contribution in [0.15, 0.2) is 59.1 Å². The van der Waals surface area contributed by atoms with Crippen LogP contribution in [0, 0.1) is 5.82 Å². The van der Waals surface area contributed by atoms with Crippen LogP contribution in [0.5, 0.6) is 0 Å². The maximum Gasteiger partial charge on any atom is 0.381 e. The smallest absolute Gasteiger partial charge is 0.381 e. The number of fused-ring (bicyclic) bond motifs is 2. The molecule has 2 aromatic carbocycles. The monoisotopic (exact) mass is 454 g/mol. The van der Waals surface area contributed by atoms with Crippen molar-refractivity contribution in [2.24, 2.45) is 4.99 Å². The van der Waals surface area contributed by atoms with Crippen molar-refractivity contribution >= 4 is 35.1 Å². The summed E-state index contributed by atoms with van der Waals surface area (Å²) < 4.78 is 18.3. The standard InChI is InChI=1S/C18H10FNO5.C5H13N3/c19-10-7-5-9(6-8-10)14(21)13-15(22)16(23)25-18(13)11-3-1-2-4-12(11)20-17(18)24;1-6-5(7-2)8(3)4/h1-8,21H,(H,20,24);1-4H3,(H,6,7). The zero-order valence-corrected chi connectivity index (χ0v) is 18.5. The van der Waals surface area contributed by atoms with Gasteiger partial charge in [-0.25, -0.2) is 9.18 Å². The largest absolute Gasteiger partial charge is 0.507 e. The molecular formula is C23H23FN4O5. The fourth-order valence-electron chi connectivity index (χ4n) is 3.64. The molecule has 0 aromatic heterocycles. The number of benzene rings is 2. The first-order valence-corrected chi connectivity index (χ1v) is 9.87. The summed E-state index contributed by atoms with van der Waals surface area (Å²) in [6.45, 7) is 0. The number of aliphatic hydroxyl groups is 1. The van der Waals surface area contributed by atoms with Crippen LogP contribution in [0.2, 0.25) is 0 Å². The predicted octanol–water partition coefficient (Wildman–Crippen LogP) is 1.82. The highest BCUT2D eigenvalue weighted by Crippen LogP contribution is 2.49. The van der Waals surface area contributed by atoms with Gasteiger partial charge in [0.05, 0.1) is 0 Å². The normalized spacial score (nSPS) is 20.5. The molecule has 0 radical (unpaired) electrons. The number of carbonyl (C=O) groups is 3. The number of carbonyl (C=O) groups excluding carboxylic acids is 3. The summed E-state index contributed by atoms with van der Waals surface area (Å²) in [5.41, 5.74) is -1.82. The average Bonchev–Trinajstić information content (AvgIpc) is 3.22. The Bertz CT molecular complexity index is 1170. The molecule has 172 valence electrons. The van der Waals surface area contributed by atoms with Crippen molar-refractivity contribution in [1.29, 1.82) is 0 Å². The molecular weight excluding hydrogens is 431 g/mol. The molecule has 1 saturated heterocycles. The number of nitrogens with zero attached hydrogens (tertiary/aromatic N) is 2. The number of para-hydroxylation sites is 1. The maximum atomic E-state index is 13.1.